The molecule has 3 N–H and O–H groups in total. The normalized spacial score (nSPS) is 10.8. The van der Waals surface area contributed by atoms with Crippen molar-refractivity contribution in [3.8, 4) is 16.9 Å². The summed E-state index contributed by atoms with van der Waals surface area (Å²) < 4.78 is 12.5. The quantitative estimate of drug-likeness (QED) is 0.305. The number of anilines is 1. The molecule has 2 heterocycles. The van der Waals surface area contributed by atoms with Crippen LogP contribution in [-0.4, -0.2) is 33.7 Å². The van der Waals surface area contributed by atoms with Gasteiger partial charge in [0.2, 0.25) is 0 Å². The second-order valence-electron chi connectivity index (χ2n) is 8.44. The summed E-state index contributed by atoms with van der Waals surface area (Å²) in [5, 5.41) is 7.08. The predicted molar refractivity (Wildman–Crippen MR) is 141 cm³/mol. The lowest BCUT2D eigenvalue weighted by molar-refractivity contribution is 0.0379. The number of nitrogens with two attached hydrogens (primary N) is 1. The van der Waals surface area contributed by atoms with Gasteiger partial charge >= 0.3 is 5.97 Å². The summed E-state index contributed by atoms with van der Waals surface area (Å²) in [7, 11) is 0. The first kappa shape index (κ1) is 25.6. The summed E-state index contributed by atoms with van der Waals surface area (Å²) in [4.78, 5) is 37.5. The SMILES string of the molecule is Cc1c(C(N)=O)sc(NC(=O)c2ccn(COc3ccc(-c4ccccc4)cc3)n2)c1C(=O)OC(C)C. The van der Waals surface area contributed by atoms with Gasteiger partial charge in [-0.15, -0.1) is 11.3 Å². The average molecular weight is 519 g/mol. The Morgan fingerprint density at radius 2 is 1.70 bits per heavy atom. The second-order valence-corrected chi connectivity index (χ2v) is 9.46. The van der Waals surface area contributed by atoms with Crippen molar-refractivity contribution >= 4 is 34.1 Å². The molecule has 0 atom stereocenters. The van der Waals surface area contributed by atoms with E-state index < -0.39 is 17.8 Å². The molecule has 37 heavy (non-hydrogen) atoms. The molecule has 0 saturated carbocycles. The van der Waals surface area contributed by atoms with E-state index >= 15 is 0 Å². The lowest BCUT2D eigenvalue weighted by Crippen LogP contribution is -2.18. The topological polar surface area (TPSA) is 126 Å². The molecule has 9 nitrogen and oxygen atoms in total. The molecular formula is C27H26N4O5S. The average Bonchev–Trinajstić information content (AvgIpc) is 3.48. The first-order valence-electron chi connectivity index (χ1n) is 11.5. The van der Waals surface area contributed by atoms with Crippen LogP contribution in [0.3, 0.4) is 0 Å². The number of aromatic nitrogens is 2. The molecule has 0 fully saturated rings. The van der Waals surface area contributed by atoms with Gasteiger partial charge in [0, 0.05) is 6.20 Å². The Morgan fingerprint density at radius 1 is 1.03 bits per heavy atom. The minimum absolute atomic E-state index is 0.0911. The summed E-state index contributed by atoms with van der Waals surface area (Å²) >= 11 is 0.920. The van der Waals surface area contributed by atoms with Gasteiger partial charge in [-0.2, -0.15) is 5.10 Å². The fourth-order valence-corrected chi connectivity index (χ4v) is 4.63. The molecule has 2 aromatic carbocycles. The number of primary amides is 1. The van der Waals surface area contributed by atoms with E-state index in [1.54, 1.807) is 27.0 Å². The van der Waals surface area contributed by atoms with Crippen LogP contribution in [0, 0.1) is 6.92 Å². The number of thiophene rings is 1. The number of hydrogen-bond donors (Lipinski definition) is 2. The predicted octanol–water partition coefficient (Wildman–Crippen LogP) is 4.87. The van der Waals surface area contributed by atoms with Crippen molar-refractivity contribution < 1.29 is 23.9 Å². The number of rotatable bonds is 9. The van der Waals surface area contributed by atoms with E-state index in [1.165, 1.54) is 10.7 Å². The van der Waals surface area contributed by atoms with Crippen LogP contribution in [0.4, 0.5) is 5.00 Å². The molecule has 2 amide bonds. The van der Waals surface area contributed by atoms with Crippen LogP contribution < -0.4 is 15.8 Å². The highest BCUT2D eigenvalue weighted by Gasteiger charge is 2.27. The Kier molecular flexibility index (Phi) is 7.69. The van der Waals surface area contributed by atoms with E-state index in [0.29, 0.717) is 11.3 Å². The third kappa shape index (κ3) is 6.04. The molecule has 0 aliphatic carbocycles. The molecule has 4 aromatic rings. The zero-order valence-electron chi connectivity index (χ0n) is 20.6. The number of ether oxygens (including phenoxy) is 2. The van der Waals surface area contributed by atoms with Crippen LogP contribution >= 0.6 is 11.3 Å². The van der Waals surface area contributed by atoms with E-state index in [0.717, 1.165) is 22.5 Å². The van der Waals surface area contributed by atoms with Crippen molar-refractivity contribution in [2.75, 3.05) is 5.32 Å². The highest BCUT2D eigenvalue weighted by molar-refractivity contribution is 7.18. The van der Waals surface area contributed by atoms with E-state index in [4.69, 9.17) is 15.2 Å². The molecule has 190 valence electrons. The van der Waals surface area contributed by atoms with Gasteiger partial charge in [-0.1, -0.05) is 42.5 Å². The van der Waals surface area contributed by atoms with Crippen molar-refractivity contribution in [3.63, 3.8) is 0 Å². The Hall–Kier alpha value is -4.44. The van der Waals surface area contributed by atoms with Gasteiger partial charge in [0.25, 0.3) is 11.8 Å². The molecule has 0 aliphatic rings. The zero-order valence-corrected chi connectivity index (χ0v) is 21.4. The van der Waals surface area contributed by atoms with Crippen LogP contribution in [0.25, 0.3) is 11.1 Å². The van der Waals surface area contributed by atoms with Crippen molar-refractivity contribution in [2.45, 2.75) is 33.6 Å². The molecule has 10 heteroatoms. The third-order valence-electron chi connectivity index (χ3n) is 5.34. The number of benzene rings is 2. The lowest BCUT2D eigenvalue weighted by Gasteiger charge is -2.10. The van der Waals surface area contributed by atoms with Crippen molar-refractivity contribution in [2.24, 2.45) is 5.73 Å². The van der Waals surface area contributed by atoms with Gasteiger partial charge in [0.15, 0.2) is 12.4 Å². The fraction of sp³-hybridized carbons (Fsp3) is 0.185. The Morgan fingerprint density at radius 3 is 2.35 bits per heavy atom. The fourth-order valence-electron chi connectivity index (χ4n) is 3.59. The minimum atomic E-state index is -0.695. The maximum absolute atomic E-state index is 12.9. The van der Waals surface area contributed by atoms with Gasteiger partial charge in [-0.3, -0.25) is 9.59 Å². The van der Waals surface area contributed by atoms with Gasteiger partial charge in [0.05, 0.1) is 16.5 Å². The molecule has 0 spiro atoms. The molecule has 0 unspecified atom stereocenters. The Bertz CT molecular complexity index is 1430. The van der Waals surface area contributed by atoms with E-state index in [-0.39, 0.29) is 34.0 Å². The zero-order chi connectivity index (χ0) is 26.5. The standard InChI is InChI=1S/C27H26N4O5S/c1-16(2)36-27(34)22-17(3)23(24(28)32)37-26(22)29-25(33)21-13-14-31(30-21)15-35-20-11-9-19(10-12-20)18-7-5-4-6-8-18/h4-14,16H,15H2,1-3H3,(H2,28,32)(H,29,33). The number of esters is 1. The number of nitrogens with one attached hydrogen (secondary N) is 1. The number of amides is 2. The van der Waals surface area contributed by atoms with E-state index in [2.05, 4.69) is 10.4 Å². The Labute approximate surface area is 217 Å². The summed E-state index contributed by atoms with van der Waals surface area (Å²) in [5.41, 5.74) is 8.19. The maximum atomic E-state index is 12.9. The first-order chi connectivity index (χ1) is 17.7. The van der Waals surface area contributed by atoms with Gasteiger partial charge in [0.1, 0.15) is 10.8 Å². The van der Waals surface area contributed by atoms with Crippen LogP contribution in [0.2, 0.25) is 0 Å². The van der Waals surface area contributed by atoms with Gasteiger partial charge in [-0.05, 0) is 55.7 Å². The monoisotopic (exact) mass is 518 g/mol. The first-order valence-corrected chi connectivity index (χ1v) is 12.3. The molecule has 0 bridgehead atoms. The second kappa shape index (κ2) is 11.1. The van der Waals surface area contributed by atoms with E-state index in [9.17, 15) is 14.4 Å². The number of carbonyl (C=O) groups excluding carboxylic acids is 3. The largest absolute Gasteiger partial charge is 0.471 e. The van der Waals surface area contributed by atoms with Crippen LogP contribution in [0.5, 0.6) is 5.75 Å². The molecule has 4 rings (SSSR count). The summed E-state index contributed by atoms with van der Waals surface area (Å²) in [5.74, 6) is -1.24. The van der Waals surface area contributed by atoms with Crippen molar-refractivity contribution in [1.82, 2.24) is 9.78 Å². The summed E-state index contributed by atoms with van der Waals surface area (Å²) in [6.45, 7) is 5.09. The smallest absolute Gasteiger partial charge is 0.341 e. The minimum Gasteiger partial charge on any atom is -0.471 e. The molecule has 0 saturated heterocycles. The molecular weight excluding hydrogens is 492 g/mol. The number of carbonyl (C=O) groups is 3. The van der Waals surface area contributed by atoms with Crippen molar-refractivity contribution in [1.29, 1.82) is 0 Å². The number of hydrogen-bond acceptors (Lipinski definition) is 7. The Balaban J connectivity index is 1.43. The third-order valence-corrected chi connectivity index (χ3v) is 6.56. The van der Waals surface area contributed by atoms with Gasteiger partial charge < -0.3 is 20.5 Å². The van der Waals surface area contributed by atoms with E-state index in [1.807, 2.05) is 54.6 Å². The maximum Gasteiger partial charge on any atom is 0.341 e. The van der Waals surface area contributed by atoms with Crippen molar-refractivity contribution in [3.05, 3.63) is 88.6 Å². The lowest BCUT2D eigenvalue weighted by atomic mass is 10.1. The van der Waals surface area contributed by atoms with Crippen LogP contribution in [-0.2, 0) is 11.5 Å². The van der Waals surface area contributed by atoms with Gasteiger partial charge in [-0.25, -0.2) is 9.48 Å². The summed E-state index contributed by atoms with van der Waals surface area (Å²) in [6.07, 6.45) is 1.23. The molecule has 2 aromatic heterocycles. The summed E-state index contributed by atoms with van der Waals surface area (Å²) in [6, 6.07) is 19.2. The highest BCUT2D eigenvalue weighted by Crippen LogP contribution is 2.34. The van der Waals surface area contributed by atoms with Crippen LogP contribution in [0.1, 0.15) is 49.9 Å². The molecule has 0 radical (unpaired) electrons. The molecule has 0 aliphatic heterocycles. The number of nitrogens with zero attached hydrogens (tertiary/aromatic N) is 2. The highest BCUT2D eigenvalue weighted by atomic mass is 32.1. The van der Waals surface area contributed by atoms with Crippen LogP contribution in [0.15, 0.2) is 66.9 Å².